The van der Waals surface area contributed by atoms with E-state index in [1.165, 1.54) is 19.2 Å². The number of rotatable bonds is 7. The molecule has 0 aliphatic carbocycles. The van der Waals surface area contributed by atoms with E-state index in [0.29, 0.717) is 24.6 Å². The summed E-state index contributed by atoms with van der Waals surface area (Å²) in [5.74, 6) is -1.41. The number of piperidine rings is 1. The van der Waals surface area contributed by atoms with E-state index in [1.54, 1.807) is 12.1 Å². The smallest absolute Gasteiger partial charge is 0.416 e. The molecular weight excluding hydrogens is 501 g/mol. The Balaban J connectivity index is 1.19. The first-order valence-corrected chi connectivity index (χ1v) is 12.6. The standard InChI is InChI=1S/C27H31F3N4O4/c1-38-26(37)18-5-7-22(8-6-18)33-13-10-23(11-14-33)34-12-9-19(17-34)25(36)31-16-24(35)32-21-4-2-3-20(15-21)27(28,29)30/h2-8,15,19,23H,9-14,16-17H2,1H3,(H,31,36)(H,32,35). The average Bonchev–Trinajstić information content (AvgIpc) is 3.42. The second-order valence-corrected chi connectivity index (χ2v) is 9.58. The van der Waals surface area contributed by atoms with Crippen molar-refractivity contribution in [3.8, 4) is 0 Å². The lowest BCUT2D eigenvalue weighted by Crippen LogP contribution is -2.45. The maximum Gasteiger partial charge on any atom is 0.416 e. The van der Waals surface area contributed by atoms with Crippen LogP contribution in [0.15, 0.2) is 48.5 Å². The molecule has 2 heterocycles. The van der Waals surface area contributed by atoms with Crippen LogP contribution in [-0.4, -0.2) is 68.6 Å². The van der Waals surface area contributed by atoms with Crippen molar-refractivity contribution in [2.45, 2.75) is 31.5 Å². The number of benzene rings is 2. The quantitative estimate of drug-likeness (QED) is 0.531. The van der Waals surface area contributed by atoms with Gasteiger partial charge < -0.3 is 20.3 Å². The van der Waals surface area contributed by atoms with Crippen LogP contribution in [0, 0.1) is 5.92 Å². The number of hydrogen-bond acceptors (Lipinski definition) is 6. The number of carbonyl (C=O) groups excluding carboxylic acids is 3. The molecular formula is C27H31F3N4O4. The highest BCUT2D eigenvalue weighted by molar-refractivity contribution is 5.95. The summed E-state index contributed by atoms with van der Waals surface area (Å²) >= 11 is 0. The molecule has 0 spiro atoms. The zero-order valence-corrected chi connectivity index (χ0v) is 21.1. The summed E-state index contributed by atoms with van der Waals surface area (Å²) in [6, 6.07) is 12.1. The van der Waals surface area contributed by atoms with E-state index >= 15 is 0 Å². The number of nitrogens with zero attached hydrogens (tertiary/aromatic N) is 2. The summed E-state index contributed by atoms with van der Waals surface area (Å²) in [6.07, 6.45) is -1.91. The van der Waals surface area contributed by atoms with Gasteiger partial charge in [-0.2, -0.15) is 13.2 Å². The Bertz CT molecular complexity index is 1150. The number of ether oxygens (including phenoxy) is 1. The number of hydrogen-bond donors (Lipinski definition) is 2. The normalized spacial score (nSPS) is 18.7. The Hall–Kier alpha value is -3.60. The van der Waals surface area contributed by atoms with Gasteiger partial charge in [0, 0.05) is 37.1 Å². The molecule has 2 aliphatic rings. The maximum absolute atomic E-state index is 12.9. The molecule has 0 radical (unpaired) electrons. The zero-order chi connectivity index (χ0) is 27.3. The molecule has 8 nitrogen and oxygen atoms in total. The molecule has 11 heteroatoms. The molecule has 0 saturated carbocycles. The van der Waals surface area contributed by atoms with Gasteiger partial charge in [-0.3, -0.25) is 14.5 Å². The number of alkyl halides is 3. The number of halogens is 3. The minimum atomic E-state index is -4.50. The number of methoxy groups -OCH3 is 1. The van der Waals surface area contributed by atoms with E-state index in [-0.39, 0.29) is 30.0 Å². The van der Waals surface area contributed by atoms with Crippen LogP contribution in [0.4, 0.5) is 24.5 Å². The second kappa shape index (κ2) is 11.8. The summed E-state index contributed by atoms with van der Waals surface area (Å²) in [7, 11) is 1.36. The van der Waals surface area contributed by atoms with Gasteiger partial charge in [-0.15, -0.1) is 0 Å². The fraction of sp³-hybridized carbons (Fsp3) is 0.444. The molecule has 2 aromatic carbocycles. The average molecular weight is 533 g/mol. The van der Waals surface area contributed by atoms with Gasteiger partial charge in [-0.25, -0.2) is 4.79 Å². The van der Waals surface area contributed by atoms with Crippen LogP contribution in [0.25, 0.3) is 0 Å². The molecule has 1 atom stereocenters. The number of anilines is 2. The first kappa shape index (κ1) is 27.4. The minimum Gasteiger partial charge on any atom is -0.465 e. The molecule has 2 saturated heterocycles. The summed E-state index contributed by atoms with van der Waals surface area (Å²) in [4.78, 5) is 41.1. The molecule has 38 heavy (non-hydrogen) atoms. The Morgan fingerprint density at radius 1 is 1.00 bits per heavy atom. The van der Waals surface area contributed by atoms with Crippen molar-refractivity contribution in [2.24, 2.45) is 5.92 Å². The minimum absolute atomic E-state index is 0.0249. The van der Waals surface area contributed by atoms with E-state index in [0.717, 1.165) is 50.3 Å². The van der Waals surface area contributed by atoms with Gasteiger partial charge in [0.2, 0.25) is 11.8 Å². The van der Waals surface area contributed by atoms with Crippen LogP contribution in [-0.2, 0) is 20.5 Å². The topological polar surface area (TPSA) is 91.0 Å². The highest BCUT2D eigenvalue weighted by atomic mass is 19.4. The van der Waals surface area contributed by atoms with Crippen LogP contribution < -0.4 is 15.5 Å². The Morgan fingerprint density at radius 2 is 1.71 bits per heavy atom. The fourth-order valence-electron chi connectivity index (χ4n) is 5.04. The molecule has 2 fully saturated rings. The molecule has 1 unspecified atom stereocenters. The monoisotopic (exact) mass is 532 g/mol. The number of esters is 1. The molecule has 2 amide bonds. The lowest BCUT2D eigenvalue weighted by Gasteiger charge is -2.38. The van der Waals surface area contributed by atoms with Crippen molar-refractivity contribution in [1.29, 1.82) is 0 Å². The summed E-state index contributed by atoms with van der Waals surface area (Å²) < 4.78 is 43.3. The number of likely N-dealkylation sites (tertiary alicyclic amines) is 1. The molecule has 0 bridgehead atoms. The summed E-state index contributed by atoms with van der Waals surface area (Å²) in [6.45, 7) is 2.84. The van der Waals surface area contributed by atoms with E-state index in [1.807, 2.05) is 12.1 Å². The van der Waals surface area contributed by atoms with Crippen molar-refractivity contribution in [2.75, 3.05) is 50.1 Å². The van der Waals surface area contributed by atoms with E-state index in [4.69, 9.17) is 4.74 Å². The van der Waals surface area contributed by atoms with Gasteiger partial charge in [0.05, 0.1) is 30.7 Å². The lowest BCUT2D eigenvalue weighted by molar-refractivity contribution is -0.137. The largest absolute Gasteiger partial charge is 0.465 e. The molecule has 2 aliphatic heterocycles. The molecule has 204 valence electrons. The highest BCUT2D eigenvalue weighted by Gasteiger charge is 2.34. The molecule has 0 aromatic heterocycles. The van der Waals surface area contributed by atoms with Crippen molar-refractivity contribution >= 4 is 29.2 Å². The SMILES string of the molecule is COC(=O)c1ccc(N2CCC(N3CCC(C(=O)NCC(=O)Nc4cccc(C(F)(F)F)c4)C3)CC2)cc1. The first-order valence-electron chi connectivity index (χ1n) is 12.6. The van der Waals surface area contributed by atoms with Crippen molar-refractivity contribution < 1.29 is 32.3 Å². The van der Waals surface area contributed by atoms with Gasteiger partial charge in [-0.1, -0.05) is 6.07 Å². The van der Waals surface area contributed by atoms with Crippen LogP contribution in [0.1, 0.15) is 35.2 Å². The Labute approximate surface area is 219 Å². The van der Waals surface area contributed by atoms with E-state index < -0.39 is 17.6 Å². The zero-order valence-electron chi connectivity index (χ0n) is 21.1. The van der Waals surface area contributed by atoms with Gasteiger partial charge in [-0.05, 0) is 68.3 Å². The summed E-state index contributed by atoms with van der Waals surface area (Å²) in [5.41, 5.74) is 0.739. The van der Waals surface area contributed by atoms with Gasteiger partial charge >= 0.3 is 12.1 Å². The first-order chi connectivity index (χ1) is 18.1. The van der Waals surface area contributed by atoms with Gasteiger partial charge in [0.15, 0.2) is 0 Å². The van der Waals surface area contributed by atoms with E-state index in [9.17, 15) is 27.6 Å². The van der Waals surface area contributed by atoms with Crippen LogP contribution in [0.3, 0.4) is 0 Å². The summed E-state index contributed by atoms with van der Waals surface area (Å²) in [5, 5.41) is 5.02. The molecule has 2 N–H and O–H groups in total. The number of amides is 2. The third kappa shape index (κ3) is 6.83. The number of carbonyl (C=O) groups is 3. The van der Waals surface area contributed by atoms with Crippen LogP contribution in [0.2, 0.25) is 0 Å². The van der Waals surface area contributed by atoms with Crippen molar-refractivity contribution in [1.82, 2.24) is 10.2 Å². The number of nitrogens with one attached hydrogen (secondary N) is 2. The lowest BCUT2D eigenvalue weighted by atomic mass is 10.0. The van der Waals surface area contributed by atoms with Crippen LogP contribution >= 0.6 is 0 Å². The fourth-order valence-corrected chi connectivity index (χ4v) is 5.04. The van der Waals surface area contributed by atoms with Gasteiger partial charge in [0.25, 0.3) is 0 Å². The van der Waals surface area contributed by atoms with Crippen LogP contribution in [0.5, 0.6) is 0 Å². The molecule has 2 aromatic rings. The maximum atomic E-state index is 12.9. The van der Waals surface area contributed by atoms with E-state index in [2.05, 4.69) is 20.4 Å². The third-order valence-electron chi connectivity index (χ3n) is 7.12. The Morgan fingerprint density at radius 3 is 2.37 bits per heavy atom. The third-order valence-corrected chi connectivity index (χ3v) is 7.12. The van der Waals surface area contributed by atoms with Crippen molar-refractivity contribution in [3.05, 3.63) is 59.7 Å². The predicted molar refractivity (Wildman–Crippen MR) is 136 cm³/mol. The second-order valence-electron chi connectivity index (χ2n) is 9.58. The molecule has 4 rings (SSSR count). The predicted octanol–water partition coefficient (Wildman–Crippen LogP) is 3.54. The van der Waals surface area contributed by atoms with Gasteiger partial charge in [0.1, 0.15) is 0 Å². The van der Waals surface area contributed by atoms with Crippen molar-refractivity contribution in [3.63, 3.8) is 0 Å². The Kier molecular flexibility index (Phi) is 8.55. The highest BCUT2D eigenvalue weighted by Crippen LogP contribution is 2.31.